The quantitative estimate of drug-likeness (QED) is 0.211. The topological polar surface area (TPSA) is 72.7 Å². The molecule has 4 rings (SSSR count). The number of thioether (sulfide) groups is 1. The minimum Gasteiger partial charge on any atom is -0.301 e. The Morgan fingerprint density at radius 3 is 2.73 bits per heavy atom. The van der Waals surface area contributed by atoms with Gasteiger partial charge in [-0.1, -0.05) is 71.4 Å². The summed E-state index contributed by atoms with van der Waals surface area (Å²) < 4.78 is 1.86. The van der Waals surface area contributed by atoms with E-state index in [0.29, 0.717) is 38.3 Å². The molecule has 0 aliphatic heterocycles. The van der Waals surface area contributed by atoms with Crippen LogP contribution in [0.2, 0.25) is 10.0 Å². The number of halogens is 2. The van der Waals surface area contributed by atoms with Gasteiger partial charge in [0.15, 0.2) is 16.1 Å². The number of nitrogens with one attached hydrogen (secondary N) is 1. The summed E-state index contributed by atoms with van der Waals surface area (Å²) >= 11 is 15.1. The maximum absolute atomic E-state index is 12.6. The second-order valence-corrected chi connectivity index (χ2v) is 9.95. The maximum atomic E-state index is 12.6. The van der Waals surface area contributed by atoms with E-state index < -0.39 is 0 Å². The van der Waals surface area contributed by atoms with Gasteiger partial charge >= 0.3 is 0 Å². The highest BCUT2D eigenvalue weighted by Crippen LogP contribution is 2.32. The van der Waals surface area contributed by atoms with Gasteiger partial charge in [-0.15, -0.1) is 28.1 Å². The fourth-order valence-corrected chi connectivity index (χ4v) is 5.25. The summed E-state index contributed by atoms with van der Waals surface area (Å²) in [5, 5.41) is 13.6. The number of carbonyl (C=O) groups excluding carboxylic acids is 1. The second-order valence-electron chi connectivity index (χ2n) is 6.96. The molecule has 0 radical (unpaired) electrons. The van der Waals surface area contributed by atoms with Crippen LogP contribution in [0, 0.1) is 6.92 Å². The van der Waals surface area contributed by atoms with E-state index in [9.17, 15) is 4.79 Å². The van der Waals surface area contributed by atoms with Crippen LogP contribution in [0.15, 0.2) is 66.3 Å². The Labute approximate surface area is 209 Å². The molecule has 0 aliphatic rings. The van der Waals surface area contributed by atoms with Gasteiger partial charge in [0.1, 0.15) is 0 Å². The first kappa shape index (κ1) is 23.5. The van der Waals surface area contributed by atoms with Crippen molar-refractivity contribution in [3.05, 3.63) is 76.1 Å². The number of thiazole rings is 1. The first-order valence-corrected chi connectivity index (χ1v) is 12.5. The van der Waals surface area contributed by atoms with E-state index in [1.165, 1.54) is 23.1 Å². The molecule has 0 saturated heterocycles. The number of benzene rings is 2. The standard InChI is InChI=1S/C23H19Cl2N5OS2/c1-3-11-30-21(17-10-9-16(24)12-18(17)25)28-29-23(30)32-13-19(31)26-22-27-20(14(2)33-22)15-7-5-4-6-8-15/h3-10,12H,1,11,13H2,2H3,(H,26,27,31). The molecule has 10 heteroatoms. The Bertz CT molecular complexity index is 1300. The number of amides is 1. The SMILES string of the molecule is C=CCn1c(SCC(=O)Nc2nc(-c3ccccc3)c(C)s2)nnc1-c1ccc(Cl)cc1Cl. The molecular formula is C23H19Cl2N5OS2. The second kappa shape index (κ2) is 10.5. The minimum atomic E-state index is -0.174. The van der Waals surface area contributed by atoms with Gasteiger partial charge in [-0.2, -0.15) is 0 Å². The van der Waals surface area contributed by atoms with E-state index in [1.807, 2.05) is 41.8 Å². The number of carbonyl (C=O) groups is 1. The predicted molar refractivity (Wildman–Crippen MR) is 137 cm³/mol. The summed E-state index contributed by atoms with van der Waals surface area (Å²) in [7, 11) is 0. The summed E-state index contributed by atoms with van der Waals surface area (Å²) in [5.41, 5.74) is 2.60. The van der Waals surface area contributed by atoms with E-state index in [2.05, 4.69) is 27.1 Å². The molecule has 0 unspecified atom stereocenters. The van der Waals surface area contributed by atoms with Crippen molar-refractivity contribution in [3.63, 3.8) is 0 Å². The van der Waals surface area contributed by atoms with Gasteiger partial charge in [0.25, 0.3) is 0 Å². The Hall–Kier alpha value is -2.65. The molecule has 6 nitrogen and oxygen atoms in total. The maximum Gasteiger partial charge on any atom is 0.236 e. The van der Waals surface area contributed by atoms with Crippen LogP contribution in [0.3, 0.4) is 0 Å². The highest BCUT2D eigenvalue weighted by atomic mass is 35.5. The van der Waals surface area contributed by atoms with Crippen LogP contribution < -0.4 is 5.32 Å². The lowest BCUT2D eigenvalue weighted by molar-refractivity contribution is -0.113. The third-order valence-corrected chi connectivity index (χ3v) is 7.02. The number of aromatic nitrogens is 4. The molecule has 0 aliphatic carbocycles. The predicted octanol–water partition coefficient (Wildman–Crippen LogP) is 6.60. The zero-order valence-corrected chi connectivity index (χ0v) is 20.7. The van der Waals surface area contributed by atoms with E-state index in [-0.39, 0.29) is 11.7 Å². The van der Waals surface area contributed by atoms with Crippen LogP contribution in [0.1, 0.15) is 4.88 Å². The highest BCUT2D eigenvalue weighted by molar-refractivity contribution is 7.99. The summed E-state index contributed by atoms with van der Waals surface area (Å²) in [6.07, 6.45) is 1.74. The smallest absolute Gasteiger partial charge is 0.236 e. The largest absolute Gasteiger partial charge is 0.301 e. The number of aryl methyl sites for hydroxylation is 1. The summed E-state index contributed by atoms with van der Waals surface area (Å²) in [6, 6.07) is 15.1. The average molecular weight is 516 g/mol. The average Bonchev–Trinajstić information content (AvgIpc) is 3.36. The molecule has 1 amide bonds. The Kier molecular flexibility index (Phi) is 7.49. The van der Waals surface area contributed by atoms with Gasteiger partial charge in [-0.3, -0.25) is 9.36 Å². The Morgan fingerprint density at radius 2 is 2.00 bits per heavy atom. The lowest BCUT2D eigenvalue weighted by atomic mass is 10.1. The fraction of sp³-hybridized carbons (Fsp3) is 0.130. The van der Waals surface area contributed by atoms with E-state index in [4.69, 9.17) is 23.2 Å². The van der Waals surface area contributed by atoms with Crippen molar-refractivity contribution < 1.29 is 4.79 Å². The number of allylic oxidation sites excluding steroid dienone is 1. The molecule has 0 atom stereocenters. The van der Waals surface area contributed by atoms with Gasteiger partial charge in [-0.05, 0) is 25.1 Å². The van der Waals surface area contributed by atoms with Crippen LogP contribution in [0.25, 0.3) is 22.6 Å². The van der Waals surface area contributed by atoms with Gasteiger partial charge in [-0.25, -0.2) is 4.98 Å². The molecule has 2 aromatic heterocycles. The van der Waals surface area contributed by atoms with Crippen molar-refractivity contribution in [2.24, 2.45) is 0 Å². The van der Waals surface area contributed by atoms with E-state index >= 15 is 0 Å². The highest BCUT2D eigenvalue weighted by Gasteiger charge is 2.18. The van der Waals surface area contributed by atoms with Crippen molar-refractivity contribution in [1.82, 2.24) is 19.7 Å². The fourth-order valence-electron chi connectivity index (χ4n) is 3.16. The van der Waals surface area contributed by atoms with Crippen LogP contribution in [-0.2, 0) is 11.3 Å². The van der Waals surface area contributed by atoms with Crippen LogP contribution in [0.4, 0.5) is 5.13 Å². The first-order chi connectivity index (χ1) is 16.0. The summed E-state index contributed by atoms with van der Waals surface area (Å²) in [6.45, 7) is 6.27. The molecule has 0 saturated carbocycles. The molecule has 0 bridgehead atoms. The first-order valence-electron chi connectivity index (χ1n) is 9.91. The van der Waals surface area contributed by atoms with Crippen molar-refractivity contribution >= 4 is 57.3 Å². The van der Waals surface area contributed by atoms with Gasteiger partial charge < -0.3 is 5.32 Å². The lowest BCUT2D eigenvalue weighted by Crippen LogP contribution is -2.14. The monoisotopic (exact) mass is 515 g/mol. The summed E-state index contributed by atoms with van der Waals surface area (Å²) in [5.74, 6) is 0.568. The number of nitrogens with zero attached hydrogens (tertiary/aromatic N) is 4. The molecule has 1 N–H and O–H groups in total. The number of rotatable bonds is 8. The third kappa shape index (κ3) is 5.47. The van der Waals surface area contributed by atoms with Crippen molar-refractivity contribution in [2.75, 3.05) is 11.1 Å². The van der Waals surface area contributed by atoms with Gasteiger partial charge in [0.05, 0.1) is 16.5 Å². The lowest BCUT2D eigenvalue weighted by Gasteiger charge is -2.09. The molecule has 4 aromatic rings. The number of hydrogen-bond acceptors (Lipinski definition) is 6. The van der Waals surface area contributed by atoms with Crippen molar-refractivity contribution in [1.29, 1.82) is 0 Å². The zero-order valence-electron chi connectivity index (χ0n) is 17.6. The molecule has 2 aromatic carbocycles. The van der Waals surface area contributed by atoms with Crippen molar-refractivity contribution in [3.8, 4) is 22.6 Å². The van der Waals surface area contributed by atoms with Crippen molar-refractivity contribution in [2.45, 2.75) is 18.6 Å². The molecule has 168 valence electrons. The third-order valence-electron chi connectivity index (χ3n) is 4.62. The van der Waals surface area contributed by atoms with Crippen LogP contribution in [-0.4, -0.2) is 31.4 Å². The van der Waals surface area contributed by atoms with E-state index in [0.717, 1.165) is 16.1 Å². The number of anilines is 1. The van der Waals surface area contributed by atoms with Gasteiger partial charge in [0.2, 0.25) is 5.91 Å². The molecular weight excluding hydrogens is 497 g/mol. The Morgan fingerprint density at radius 1 is 1.21 bits per heavy atom. The zero-order chi connectivity index (χ0) is 23.4. The van der Waals surface area contributed by atoms with E-state index in [1.54, 1.807) is 24.3 Å². The van der Waals surface area contributed by atoms with Crippen LogP contribution in [0.5, 0.6) is 0 Å². The van der Waals surface area contributed by atoms with Gasteiger partial charge in [0, 0.05) is 27.6 Å². The molecule has 33 heavy (non-hydrogen) atoms. The Balaban J connectivity index is 1.47. The molecule has 2 heterocycles. The number of hydrogen-bond donors (Lipinski definition) is 1. The molecule has 0 fully saturated rings. The summed E-state index contributed by atoms with van der Waals surface area (Å²) in [4.78, 5) is 18.2. The minimum absolute atomic E-state index is 0.156. The van der Waals surface area contributed by atoms with Crippen LogP contribution >= 0.6 is 46.3 Å². The normalized spacial score (nSPS) is 10.9. The molecule has 0 spiro atoms.